The molecule has 0 spiro atoms. The Labute approximate surface area is 241 Å². The van der Waals surface area contributed by atoms with Gasteiger partial charge < -0.3 is 20.0 Å². The van der Waals surface area contributed by atoms with Crippen molar-refractivity contribution in [3.8, 4) is 0 Å². The number of pyridine rings is 1. The predicted octanol–water partition coefficient (Wildman–Crippen LogP) is 1.22. The van der Waals surface area contributed by atoms with Crippen LogP contribution in [0, 0.1) is 5.92 Å². The van der Waals surface area contributed by atoms with Crippen LogP contribution >= 0.6 is 0 Å². The smallest absolute Gasteiger partial charge is 0.251 e. The summed E-state index contributed by atoms with van der Waals surface area (Å²) in [5.41, 5.74) is 1.51. The Morgan fingerprint density at radius 2 is 1.76 bits per heavy atom. The lowest BCUT2D eigenvalue weighted by atomic mass is 10.0. The van der Waals surface area contributed by atoms with E-state index in [2.05, 4.69) is 27.1 Å². The Morgan fingerprint density at radius 3 is 2.39 bits per heavy atom. The maximum atomic E-state index is 13.8. The molecule has 1 N–H and O–H groups in total. The van der Waals surface area contributed by atoms with E-state index in [-0.39, 0.29) is 41.5 Å². The number of ketones is 1. The second-order valence-corrected chi connectivity index (χ2v) is 13.4. The highest BCUT2D eigenvalue weighted by atomic mass is 32.2. The van der Waals surface area contributed by atoms with Crippen molar-refractivity contribution >= 4 is 33.3 Å². The zero-order chi connectivity index (χ0) is 29.3. The topological polar surface area (TPSA) is 123 Å². The second-order valence-electron chi connectivity index (χ2n) is 11.5. The van der Waals surface area contributed by atoms with Gasteiger partial charge in [0.2, 0.25) is 15.9 Å². The summed E-state index contributed by atoms with van der Waals surface area (Å²) in [5, 5.41) is 2.91. The fraction of sp³-hybridized carbons (Fsp3) is 0.517. The summed E-state index contributed by atoms with van der Waals surface area (Å²) in [6.07, 6.45) is 3.48. The summed E-state index contributed by atoms with van der Waals surface area (Å²) in [5.74, 6) is -0.933. The van der Waals surface area contributed by atoms with Crippen LogP contribution < -0.4 is 10.2 Å². The van der Waals surface area contributed by atoms with Gasteiger partial charge in [0.05, 0.1) is 12.6 Å². The van der Waals surface area contributed by atoms with Crippen molar-refractivity contribution in [2.24, 2.45) is 5.92 Å². The van der Waals surface area contributed by atoms with Crippen molar-refractivity contribution in [3.63, 3.8) is 0 Å². The number of hydrogen-bond acceptors (Lipinski definition) is 8. The number of likely N-dealkylation sites (N-methyl/N-ethyl adjacent to an activating group) is 1. The molecule has 3 aliphatic heterocycles. The molecule has 0 radical (unpaired) electrons. The number of fused-ring (bicyclic) bond motifs is 1. The van der Waals surface area contributed by atoms with Gasteiger partial charge in [0.25, 0.3) is 5.91 Å². The maximum Gasteiger partial charge on any atom is 0.251 e. The molecule has 12 heteroatoms. The van der Waals surface area contributed by atoms with Gasteiger partial charge in [-0.25, -0.2) is 8.42 Å². The Kier molecular flexibility index (Phi) is 8.44. The third kappa shape index (κ3) is 6.00. The zero-order valence-corrected chi connectivity index (χ0v) is 24.6. The van der Waals surface area contributed by atoms with Gasteiger partial charge in [-0.05, 0) is 62.2 Å². The monoisotopic (exact) mass is 582 g/mol. The van der Waals surface area contributed by atoms with Gasteiger partial charge in [0.1, 0.15) is 17.0 Å². The number of hydrogen-bond donors (Lipinski definition) is 1. The highest BCUT2D eigenvalue weighted by Crippen LogP contribution is 2.34. The molecule has 0 saturated carbocycles. The van der Waals surface area contributed by atoms with Crippen LogP contribution in [0.15, 0.2) is 53.7 Å². The van der Waals surface area contributed by atoms with Crippen LogP contribution in [0.3, 0.4) is 0 Å². The van der Waals surface area contributed by atoms with Crippen LogP contribution in [0.4, 0.5) is 5.69 Å². The predicted molar refractivity (Wildman–Crippen MR) is 154 cm³/mol. The van der Waals surface area contributed by atoms with Crippen LogP contribution in [0.5, 0.6) is 0 Å². The highest BCUT2D eigenvalue weighted by molar-refractivity contribution is 7.89. The van der Waals surface area contributed by atoms with E-state index < -0.39 is 28.1 Å². The molecule has 2 aromatic rings. The van der Waals surface area contributed by atoms with Gasteiger partial charge >= 0.3 is 0 Å². The van der Waals surface area contributed by atoms with Crippen molar-refractivity contribution in [2.75, 3.05) is 51.2 Å². The van der Waals surface area contributed by atoms with Crippen LogP contribution in [0.2, 0.25) is 0 Å². The molecule has 11 nitrogen and oxygen atoms in total. The average Bonchev–Trinajstić information content (AvgIpc) is 3.54. The van der Waals surface area contributed by atoms with E-state index in [0.717, 1.165) is 31.9 Å². The van der Waals surface area contributed by atoms with Gasteiger partial charge in [-0.3, -0.25) is 19.4 Å². The number of piperazine rings is 1. The summed E-state index contributed by atoms with van der Waals surface area (Å²) >= 11 is 0. The van der Waals surface area contributed by atoms with E-state index in [1.165, 1.54) is 33.7 Å². The molecule has 0 aliphatic carbocycles. The van der Waals surface area contributed by atoms with Crippen molar-refractivity contribution in [1.82, 2.24) is 24.4 Å². The number of benzene rings is 1. The molecule has 3 unspecified atom stereocenters. The summed E-state index contributed by atoms with van der Waals surface area (Å²) in [7, 11) is -1.85. The quantitative estimate of drug-likeness (QED) is 0.493. The molecule has 220 valence electrons. The first-order valence-corrected chi connectivity index (χ1v) is 15.6. The Morgan fingerprint density at radius 1 is 1.05 bits per heavy atom. The number of likely N-dealkylation sites (tertiary alicyclic amines) is 1. The van der Waals surface area contributed by atoms with Crippen molar-refractivity contribution in [3.05, 3.63) is 54.4 Å². The van der Waals surface area contributed by atoms with Crippen molar-refractivity contribution in [1.29, 1.82) is 0 Å². The lowest BCUT2D eigenvalue weighted by Crippen LogP contribution is -2.53. The molecule has 1 aromatic carbocycles. The number of nitrogens with one attached hydrogen (secondary N) is 1. The number of carbonyl (C=O) groups is 3. The normalized spacial score (nSPS) is 22.7. The Balaban J connectivity index is 1.29. The molecule has 3 saturated heterocycles. The molecule has 3 atom stereocenters. The molecule has 41 heavy (non-hydrogen) atoms. The third-order valence-electron chi connectivity index (χ3n) is 8.21. The van der Waals surface area contributed by atoms with E-state index in [1.807, 2.05) is 26.0 Å². The first kappa shape index (κ1) is 29.2. The minimum absolute atomic E-state index is 0.0156. The van der Waals surface area contributed by atoms with Gasteiger partial charge in [-0.1, -0.05) is 13.8 Å². The van der Waals surface area contributed by atoms with Gasteiger partial charge in [-0.2, -0.15) is 4.31 Å². The number of anilines is 1. The first-order valence-electron chi connectivity index (χ1n) is 14.2. The van der Waals surface area contributed by atoms with Crippen LogP contribution in [-0.2, 0) is 19.6 Å². The van der Waals surface area contributed by atoms with Crippen molar-refractivity contribution < 1.29 is 22.8 Å². The van der Waals surface area contributed by atoms with E-state index in [4.69, 9.17) is 0 Å². The lowest BCUT2D eigenvalue weighted by Gasteiger charge is -2.34. The van der Waals surface area contributed by atoms with Crippen LogP contribution in [0.1, 0.15) is 37.0 Å². The average molecular weight is 583 g/mol. The molecule has 0 bridgehead atoms. The van der Waals surface area contributed by atoms with E-state index in [0.29, 0.717) is 18.4 Å². The fourth-order valence-electron chi connectivity index (χ4n) is 6.00. The minimum Gasteiger partial charge on any atom is -0.369 e. The molecular formula is C29H38N6O5S. The standard InChI is InChI=1S/C29H38N6O5S/c1-20(2)17-24(31-28(37)21-6-8-22(9-7-21)33-15-13-32(3)14-16-33)29(38)34-12-10-25-27(34)26(36)19-35(25)41(39,40)23-5-4-11-30-18-23/h4-9,11,18,20,24-25,27H,10,12-17,19H2,1-3H3,(H,31,37). The Bertz CT molecular complexity index is 1380. The number of carbonyl (C=O) groups excluding carboxylic acids is 3. The van der Waals surface area contributed by atoms with E-state index in [1.54, 1.807) is 12.1 Å². The number of sulfonamides is 1. The lowest BCUT2D eigenvalue weighted by molar-refractivity contribution is -0.138. The molecule has 3 aliphatic rings. The summed E-state index contributed by atoms with van der Waals surface area (Å²) in [4.78, 5) is 50.1. The zero-order valence-electron chi connectivity index (χ0n) is 23.8. The van der Waals surface area contributed by atoms with E-state index in [9.17, 15) is 22.8 Å². The molecule has 1 aromatic heterocycles. The molecule has 4 heterocycles. The van der Waals surface area contributed by atoms with Crippen LogP contribution in [0.25, 0.3) is 0 Å². The van der Waals surface area contributed by atoms with Gasteiger partial charge in [0.15, 0.2) is 5.78 Å². The van der Waals surface area contributed by atoms with Gasteiger partial charge in [0, 0.05) is 56.4 Å². The van der Waals surface area contributed by atoms with E-state index >= 15 is 0 Å². The molecular weight excluding hydrogens is 544 g/mol. The SMILES string of the molecule is CC(C)CC(NC(=O)c1ccc(N2CCN(C)CC2)cc1)C(=O)N1CCC2C1C(=O)CN2S(=O)(=O)c1cccnc1. The summed E-state index contributed by atoms with van der Waals surface area (Å²) in [6.45, 7) is 7.68. The van der Waals surface area contributed by atoms with Crippen molar-refractivity contribution in [2.45, 2.75) is 49.7 Å². The maximum absolute atomic E-state index is 13.8. The Hall–Kier alpha value is -3.35. The first-order chi connectivity index (χ1) is 19.6. The highest BCUT2D eigenvalue weighted by Gasteiger charge is 2.54. The fourth-order valence-corrected chi connectivity index (χ4v) is 7.59. The molecule has 5 rings (SSSR count). The largest absolute Gasteiger partial charge is 0.369 e. The second kappa shape index (κ2) is 11.9. The minimum atomic E-state index is -3.95. The van der Waals surface area contributed by atoms with Crippen LogP contribution in [-0.4, -0.2) is 110 Å². The van der Waals surface area contributed by atoms with Gasteiger partial charge in [-0.15, -0.1) is 0 Å². The number of aromatic nitrogens is 1. The number of rotatable bonds is 8. The molecule has 3 fully saturated rings. The number of nitrogens with zero attached hydrogens (tertiary/aromatic N) is 5. The number of amides is 2. The third-order valence-corrected chi connectivity index (χ3v) is 10.1. The summed E-state index contributed by atoms with van der Waals surface area (Å²) in [6, 6.07) is 8.03. The number of Topliss-reactive ketones (excluding diaryl/α,β-unsaturated/α-hetero) is 1. The molecule has 2 amide bonds. The summed E-state index contributed by atoms with van der Waals surface area (Å²) < 4.78 is 27.8.